The molecule has 72 valence electrons. The molecule has 0 N–H and O–H groups in total. The Bertz CT molecular complexity index is 286. The second-order valence-electron chi connectivity index (χ2n) is 3.65. The molecule has 0 spiro atoms. The van der Waals surface area contributed by atoms with Crippen LogP contribution in [0.15, 0.2) is 0 Å². The van der Waals surface area contributed by atoms with Crippen LogP contribution in [0.1, 0.15) is 25.0 Å². The van der Waals surface area contributed by atoms with Gasteiger partial charge < -0.3 is 4.90 Å². The van der Waals surface area contributed by atoms with E-state index < -0.39 is 0 Å². The van der Waals surface area contributed by atoms with Crippen molar-refractivity contribution in [2.45, 2.75) is 26.2 Å². The SMILES string of the molecule is Cc1nn(C)nc1N1CCCCC1. The molecule has 4 heteroatoms. The van der Waals surface area contributed by atoms with Gasteiger partial charge in [-0.05, 0) is 26.2 Å². The number of hydrogen-bond acceptors (Lipinski definition) is 3. The van der Waals surface area contributed by atoms with Gasteiger partial charge in [-0.25, -0.2) is 0 Å². The number of hydrogen-bond donors (Lipinski definition) is 0. The van der Waals surface area contributed by atoms with Gasteiger partial charge >= 0.3 is 0 Å². The largest absolute Gasteiger partial charge is 0.354 e. The van der Waals surface area contributed by atoms with E-state index in [4.69, 9.17) is 0 Å². The third-order valence-electron chi connectivity index (χ3n) is 2.51. The second kappa shape index (κ2) is 3.36. The highest BCUT2D eigenvalue weighted by Crippen LogP contribution is 2.19. The van der Waals surface area contributed by atoms with Gasteiger partial charge in [0.2, 0.25) is 0 Å². The molecule has 0 aromatic carbocycles. The lowest BCUT2D eigenvalue weighted by molar-refractivity contribution is 0.567. The van der Waals surface area contributed by atoms with Crippen LogP contribution in [0, 0.1) is 6.92 Å². The van der Waals surface area contributed by atoms with Crippen LogP contribution in [0.5, 0.6) is 0 Å². The van der Waals surface area contributed by atoms with Crippen molar-refractivity contribution in [1.29, 1.82) is 0 Å². The van der Waals surface area contributed by atoms with Crippen molar-refractivity contribution in [2.24, 2.45) is 7.05 Å². The molecule has 0 bridgehead atoms. The van der Waals surface area contributed by atoms with Crippen LogP contribution in [0.4, 0.5) is 5.82 Å². The molecule has 2 rings (SSSR count). The van der Waals surface area contributed by atoms with Crippen molar-refractivity contribution < 1.29 is 0 Å². The lowest BCUT2D eigenvalue weighted by Crippen LogP contribution is -2.30. The third kappa shape index (κ3) is 1.66. The first-order valence-electron chi connectivity index (χ1n) is 4.90. The van der Waals surface area contributed by atoms with Crippen LogP contribution in [-0.4, -0.2) is 28.1 Å². The van der Waals surface area contributed by atoms with E-state index in [1.807, 2.05) is 14.0 Å². The van der Waals surface area contributed by atoms with Crippen LogP contribution in [0.3, 0.4) is 0 Å². The Kier molecular flexibility index (Phi) is 2.20. The normalized spacial score (nSPS) is 17.8. The zero-order valence-corrected chi connectivity index (χ0v) is 8.32. The van der Waals surface area contributed by atoms with Crippen LogP contribution < -0.4 is 4.90 Å². The first-order valence-corrected chi connectivity index (χ1v) is 4.90. The second-order valence-corrected chi connectivity index (χ2v) is 3.65. The summed E-state index contributed by atoms with van der Waals surface area (Å²) in [7, 11) is 1.88. The van der Waals surface area contributed by atoms with Crippen molar-refractivity contribution in [2.75, 3.05) is 18.0 Å². The predicted molar refractivity (Wildman–Crippen MR) is 51.8 cm³/mol. The quantitative estimate of drug-likeness (QED) is 0.649. The number of rotatable bonds is 1. The number of anilines is 1. The molecule has 1 aliphatic rings. The van der Waals surface area contributed by atoms with E-state index in [2.05, 4.69) is 15.1 Å². The fourth-order valence-electron chi connectivity index (χ4n) is 1.89. The average molecular weight is 180 g/mol. The van der Waals surface area contributed by atoms with E-state index in [0.29, 0.717) is 0 Å². The van der Waals surface area contributed by atoms with Crippen molar-refractivity contribution in [1.82, 2.24) is 15.0 Å². The predicted octanol–water partition coefficient (Wildman–Crippen LogP) is 1.11. The Hall–Kier alpha value is -1.06. The summed E-state index contributed by atoms with van der Waals surface area (Å²) in [5, 5.41) is 8.62. The maximum atomic E-state index is 4.37. The fraction of sp³-hybridized carbons (Fsp3) is 0.778. The average Bonchev–Trinajstić information content (AvgIpc) is 2.47. The molecule has 0 atom stereocenters. The first-order chi connectivity index (χ1) is 6.27. The van der Waals surface area contributed by atoms with Crippen LogP contribution in [0.25, 0.3) is 0 Å². The molecule has 4 nitrogen and oxygen atoms in total. The number of aromatic nitrogens is 3. The molecule has 0 aliphatic carbocycles. The van der Waals surface area contributed by atoms with E-state index in [-0.39, 0.29) is 0 Å². The lowest BCUT2D eigenvalue weighted by Gasteiger charge is -2.26. The summed E-state index contributed by atoms with van der Waals surface area (Å²) < 4.78 is 0. The molecule has 0 radical (unpaired) electrons. The van der Waals surface area contributed by atoms with Gasteiger partial charge in [0.05, 0.1) is 0 Å². The van der Waals surface area contributed by atoms with E-state index >= 15 is 0 Å². The maximum Gasteiger partial charge on any atom is 0.174 e. The molecule has 1 aliphatic heterocycles. The van der Waals surface area contributed by atoms with E-state index in [0.717, 1.165) is 24.6 Å². The van der Waals surface area contributed by atoms with E-state index in [1.54, 1.807) is 4.80 Å². The van der Waals surface area contributed by atoms with Crippen molar-refractivity contribution >= 4 is 5.82 Å². The van der Waals surface area contributed by atoms with Gasteiger partial charge in [0.1, 0.15) is 5.69 Å². The molecule has 0 amide bonds. The van der Waals surface area contributed by atoms with Crippen molar-refractivity contribution in [3.05, 3.63) is 5.69 Å². The molecular formula is C9H16N4. The fourth-order valence-corrected chi connectivity index (χ4v) is 1.89. The highest BCUT2D eigenvalue weighted by molar-refractivity contribution is 5.41. The molecule has 0 saturated carbocycles. The Morgan fingerprint density at radius 3 is 2.31 bits per heavy atom. The summed E-state index contributed by atoms with van der Waals surface area (Å²) in [5.74, 6) is 1.07. The summed E-state index contributed by atoms with van der Waals surface area (Å²) >= 11 is 0. The van der Waals surface area contributed by atoms with Crippen molar-refractivity contribution in [3.8, 4) is 0 Å². The molecule has 1 saturated heterocycles. The minimum Gasteiger partial charge on any atom is -0.354 e. The van der Waals surface area contributed by atoms with E-state index in [9.17, 15) is 0 Å². The van der Waals surface area contributed by atoms with Gasteiger partial charge in [0, 0.05) is 20.1 Å². The summed E-state index contributed by atoms with van der Waals surface area (Å²) in [6.45, 7) is 4.30. The van der Waals surface area contributed by atoms with Gasteiger partial charge in [0.25, 0.3) is 0 Å². The van der Waals surface area contributed by atoms with Crippen molar-refractivity contribution in [3.63, 3.8) is 0 Å². The number of piperidine rings is 1. The Morgan fingerprint density at radius 2 is 1.77 bits per heavy atom. The summed E-state index contributed by atoms with van der Waals surface area (Å²) in [4.78, 5) is 3.99. The van der Waals surface area contributed by atoms with Gasteiger partial charge in [-0.1, -0.05) is 0 Å². The van der Waals surface area contributed by atoms with Gasteiger partial charge in [-0.3, -0.25) is 0 Å². The Balaban J connectivity index is 2.18. The van der Waals surface area contributed by atoms with E-state index in [1.165, 1.54) is 19.3 Å². The Morgan fingerprint density at radius 1 is 1.08 bits per heavy atom. The van der Waals surface area contributed by atoms with Crippen LogP contribution >= 0.6 is 0 Å². The molecule has 1 aromatic rings. The topological polar surface area (TPSA) is 34.0 Å². The highest BCUT2D eigenvalue weighted by atomic mass is 15.5. The monoisotopic (exact) mass is 180 g/mol. The minimum absolute atomic E-state index is 1.05. The molecule has 2 heterocycles. The highest BCUT2D eigenvalue weighted by Gasteiger charge is 2.16. The summed E-state index contributed by atoms with van der Waals surface area (Å²) in [5.41, 5.74) is 1.05. The third-order valence-corrected chi connectivity index (χ3v) is 2.51. The van der Waals surface area contributed by atoms with Crippen LogP contribution in [0.2, 0.25) is 0 Å². The zero-order chi connectivity index (χ0) is 9.26. The summed E-state index contributed by atoms with van der Waals surface area (Å²) in [6.07, 6.45) is 3.93. The summed E-state index contributed by atoms with van der Waals surface area (Å²) in [6, 6.07) is 0. The molecule has 1 aromatic heterocycles. The molecule has 0 unspecified atom stereocenters. The van der Waals surface area contributed by atoms with Gasteiger partial charge in [-0.2, -0.15) is 9.90 Å². The first kappa shape index (κ1) is 8.53. The van der Waals surface area contributed by atoms with Gasteiger partial charge in [0.15, 0.2) is 5.82 Å². The lowest BCUT2D eigenvalue weighted by atomic mass is 10.1. The minimum atomic E-state index is 1.05. The Labute approximate surface area is 78.5 Å². The standard InChI is InChI=1S/C9H16N4/c1-8-9(11-12(2)10-8)13-6-4-3-5-7-13/h3-7H2,1-2H3. The number of nitrogens with zero attached hydrogens (tertiary/aromatic N) is 4. The smallest absolute Gasteiger partial charge is 0.174 e. The van der Waals surface area contributed by atoms with Gasteiger partial charge in [-0.15, -0.1) is 5.10 Å². The van der Waals surface area contributed by atoms with Crippen LogP contribution in [-0.2, 0) is 7.05 Å². The maximum absolute atomic E-state index is 4.37. The zero-order valence-electron chi connectivity index (χ0n) is 8.32. The molecule has 13 heavy (non-hydrogen) atoms. The molecular weight excluding hydrogens is 164 g/mol. The molecule has 1 fully saturated rings. The number of aryl methyl sites for hydroxylation is 2.